The lowest BCUT2D eigenvalue weighted by molar-refractivity contribution is 0.415. The second-order valence-corrected chi connectivity index (χ2v) is 3.80. The van der Waals surface area contributed by atoms with Gasteiger partial charge in [-0.15, -0.1) is 0 Å². The molecule has 0 aliphatic heterocycles. The molecule has 0 bridgehead atoms. The topological polar surface area (TPSA) is 45.4 Å². The molecule has 4 heteroatoms. The average Bonchev–Trinajstić information content (AvgIpc) is 2.33. The summed E-state index contributed by atoms with van der Waals surface area (Å²) in [7, 11) is 0. The summed E-state index contributed by atoms with van der Waals surface area (Å²) in [6.45, 7) is 0. The summed E-state index contributed by atoms with van der Waals surface area (Å²) < 4.78 is 1.27. The van der Waals surface area contributed by atoms with Crippen LogP contribution >= 0.6 is 16.1 Å². The second-order valence-electron chi connectivity index (χ2n) is 3.09. The molecule has 2 N–H and O–H groups in total. The van der Waals surface area contributed by atoms with Gasteiger partial charge in [-0.3, -0.25) is 0 Å². The molecule has 0 fully saturated rings. The summed E-state index contributed by atoms with van der Waals surface area (Å²) in [6, 6.07) is 0. The van der Waals surface area contributed by atoms with Gasteiger partial charge in [0.1, 0.15) is 0 Å². The number of aromatic nitrogens is 1. The van der Waals surface area contributed by atoms with Crippen molar-refractivity contribution in [1.82, 2.24) is 3.59 Å². The third-order valence-electron chi connectivity index (χ3n) is 2.38. The first-order valence-electron chi connectivity index (χ1n) is 4.02. The minimum absolute atomic E-state index is 0.155. The van der Waals surface area contributed by atoms with E-state index in [-0.39, 0.29) is 11.8 Å². The highest BCUT2D eigenvalue weighted by Gasteiger charge is 2.23. The summed E-state index contributed by atoms with van der Waals surface area (Å²) >= 11 is 3.08. The zero-order valence-electron chi connectivity index (χ0n) is 6.55. The average molecular weight is 232 g/mol. The maximum absolute atomic E-state index is 9.52. The Kier molecular flexibility index (Phi) is 1.79. The van der Waals surface area contributed by atoms with Gasteiger partial charge in [-0.05, 0) is 25.7 Å². The van der Waals surface area contributed by atoms with E-state index >= 15 is 0 Å². The largest absolute Gasteiger partial charge is 0.494 e. The van der Waals surface area contributed by atoms with E-state index in [1.165, 1.54) is 3.59 Å². The van der Waals surface area contributed by atoms with Crippen LogP contribution in [0.25, 0.3) is 0 Å². The fourth-order valence-electron chi connectivity index (χ4n) is 1.74. The van der Waals surface area contributed by atoms with E-state index in [1.54, 1.807) is 0 Å². The predicted octanol–water partition coefficient (Wildman–Crippen LogP) is 1.94. The van der Waals surface area contributed by atoms with Gasteiger partial charge in [0.15, 0.2) is 0 Å². The molecule has 0 saturated carbocycles. The number of hydrogen-bond acceptors (Lipinski definition) is 2. The van der Waals surface area contributed by atoms with Gasteiger partial charge in [0.2, 0.25) is 11.8 Å². The van der Waals surface area contributed by atoms with Crippen LogP contribution in [0.3, 0.4) is 0 Å². The molecule has 1 aliphatic rings. The van der Waals surface area contributed by atoms with Crippen molar-refractivity contribution in [3.8, 4) is 11.8 Å². The first-order valence-corrected chi connectivity index (χ1v) is 4.73. The highest BCUT2D eigenvalue weighted by molar-refractivity contribution is 9.08. The Bertz CT molecular complexity index is 290. The van der Waals surface area contributed by atoms with Crippen molar-refractivity contribution in [1.29, 1.82) is 0 Å². The van der Waals surface area contributed by atoms with Crippen LogP contribution in [0.1, 0.15) is 24.0 Å². The maximum Gasteiger partial charge on any atom is 0.208 e. The highest BCUT2D eigenvalue weighted by Crippen LogP contribution is 2.39. The van der Waals surface area contributed by atoms with E-state index in [4.69, 9.17) is 0 Å². The molecule has 1 aliphatic carbocycles. The predicted molar refractivity (Wildman–Crippen MR) is 48.7 cm³/mol. The number of hydrogen-bond donors (Lipinski definition) is 2. The minimum Gasteiger partial charge on any atom is -0.494 e. The maximum atomic E-state index is 9.52. The Balaban J connectivity index is 2.60. The zero-order chi connectivity index (χ0) is 8.72. The van der Waals surface area contributed by atoms with Crippen LogP contribution in [0.2, 0.25) is 0 Å². The summed E-state index contributed by atoms with van der Waals surface area (Å²) in [4.78, 5) is 0. The Morgan fingerprint density at radius 2 is 1.42 bits per heavy atom. The normalized spacial score (nSPS) is 16.1. The number of aromatic hydroxyl groups is 2. The van der Waals surface area contributed by atoms with E-state index in [2.05, 4.69) is 16.1 Å². The van der Waals surface area contributed by atoms with Crippen LogP contribution < -0.4 is 0 Å². The molecule has 12 heavy (non-hydrogen) atoms. The van der Waals surface area contributed by atoms with E-state index in [0.717, 1.165) is 36.8 Å². The van der Waals surface area contributed by atoms with Crippen LogP contribution in [0.15, 0.2) is 0 Å². The Morgan fingerprint density at radius 3 is 1.83 bits per heavy atom. The van der Waals surface area contributed by atoms with Crippen molar-refractivity contribution in [3.63, 3.8) is 0 Å². The molecule has 1 heterocycles. The molecule has 0 radical (unpaired) electrons. The molecule has 0 unspecified atom stereocenters. The lowest BCUT2D eigenvalue weighted by Gasteiger charge is -2.09. The van der Waals surface area contributed by atoms with Crippen molar-refractivity contribution >= 4 is 16.1 Å². The Labute approximate surface area is 79.0 Å². The van der Waals surface area contributed by atoms with Crippen LogP contribution in [0.4, 0.5) is 0 Å². The van der Waals surface area contributed by atoms with Gasteiger partial charge >= 0.3 is 0 Å². The first kappa shape index (κ1) is 7.98. The van der Waals surface area contributed by atoms with Crippen molar-refractivity contribution < 1.29 is 10.2 Å². The molecule has 2 rings (SSSR count). The quantitative estimate of drug-likeness (QED) is 0.717. The second kappa shape index (κ2) is 2.69. The molecular weight excluding hydrogens is 222 g/mol. The van der Waals surface area contributed by atoms with E-state index < -0.39 is 0 Å². The molecule has 0 amide bonds. The van der Waals surface area contributed by atoms with Crippen molar-refractivity contribution in [3.05, 3.63) is 11.1 Å². The zero-order valence-corrected chi connectivity index (χ0v) is 8.13. The SMILES string of the molecule is Oc1c2c(c(O)n1Br)CCCC2. The lowest BCUT2D eigenvalue weighted by atomic mass is 9.95. The van der Waals surface area contributed by atoms with E-state index in [1.807, 2.05) is 0 Å². The minimum atomic E-state index is 0.155. The number of rotatable bonds is 0. The number of fused-ring (bicyclic) bond motifs is 1. The molecule has 0 atom stereocenters. The molecule has 0 spiro atoms. The van der Waals surface area contributed by atoms with Crippen molar-refractivity contribution in [2.45, 2.75) is 25.7 Å². The van der Waals surface area contributed by atoms with Crippen LogP contribution in [-0.2, 0) is 12.8 Å². The van der Waals surface area contributed by atoms with Gasteiger partial charge in [-0.25, -0.2) is 3.59 Å². The molecule has 0 aromatic carbocycles. The standard InChI is InChI=1S/C8H10BrNO2/c9-10-7(11)5-3-1-2-4-6(5)8(10)12/h11-12H,1-4H2. The monoisotopic (exact) mass is 231 g/mol. The molecule has 66 valence electrons. The van der Waals surface area contributed by atoms with Crippen LogP contribution in [0.5, 0.6) is 11.8 Å². The third kappa shape index (κ3) is 0.941. The Morgan fingerprint density at radius 1 is 1.00 bits per heavy atom. The summed E-state index contributed by atoms with van der Waals surface area (Å²) in [5, 5.41) is 19.0. The highest BCUT2D eigenvalue weighted by atomic mass is 79.9. The molecule has 0 saturated heterocycles. The summed E-state index contributed by atoms with van der Waals surface area (Å²) in [6.07, 6.45) is 3.93. The molecule has 3 nitrogen and oxygen atoms in total. The van der Waals surface area contributed by atoms with Crippen LogP contribution in [-0.4, -0.2) is 13.8 Å². The van der Waals surface area contributed by atoms with Gasteiger partial charge < -0.3 is 10.2 Å². The smallest absolute Gasteiger partial charge is 0.208 e. The molecule has 1 aromatic rings. The van der Waals surface area contributed by atoms with Gasteiger partial charge in [-0.1, -0.05) is 0 Å². The Hall–Kier alpha value is -0.640. The van der Waals surface area contributed by atoms with E-state index in [9.17, 15) is 10.2 Å². The first-order chi connectivity index (χ1) is 5.72. The van der Waals surface area contributed by atoms with E-state index in [0.29, 0.717) is 0 Å². The van der Waals surface area contributed by atoms with Gasteiger partial charge in [0.05, 0.1) is 16.1 Å². The fourth-order valence-corrected chi connectivity index (χ4v) is 2.16. The van der Waals surface area contributed by atoms with Gasteiger partial charge in [0.25, 0.3) is 0 Å². The number of nitrogens with zero attached hydrogens (tertiary/aromatic N) is 1. The number of halogens is 1. The molecular formula is C8H10BrNO2. The van der Waals surface area contributed by atoms with Crippen molar-refractivity contribution in [2.24, 2.45) is 0 Å². The molecule has 1 aromatic heterocycles. The van der Waals surface area contributed by atoms with Crippen LogP contribution in [0, 0.1) is 0 Å². The van der Waals surface area contributed by atoms with Gasteiger partial charge in [-0.2, -0.15) is 0 Å². The summed E-state index contributed by atoms with van der Waals surface area (Å²) in [5.74, 6) is 0.310. The van der Waals surface area contributed by atoms with Crippen molar-refractivity contribution in [2.75, 3.05) is 0 Å². The third-order valence-corrected chi connectivity index (χ3v) is 3.05. The summed E-state index contributed by atoms with van der Waals surface area (Å²) in [5.41, 5.74) is 1.80. The fraction of sp³-hybridized carbons (Fsp3) is 0.500. The van der Waals surface area contributed by atoms with Gasteiger partial charge in [0, 0.05) is 11.1 Å². The lowest BCUT2D eigenvalue weighted by Crippen LogP contribution is -1.98.